The van der Waals surface area contributed by atoms with Crippen LogP contribution in [0, 0.1) is 27.6 Å². The van der Waals surface area contributed by atoms with Crippen LogP contribution in [-0.2, 0) is 52.3 Å². The Morgan fingerprint density at radius 2 is 1.12 bits per heavy atom. The molecular weight excluding hydrogens is 724 g/mol. The van der Waals surface area contributed by atoms with Crippen LogP contribution in [0.15, 0.2) is 60.7 Å². The van der Waals surface area contributed by atoms with Gasteiger partial charge in [-0.15, -0.1) is 0 Å². The van der Waals surface area contributed by atoms with Crippen molar-refractivity contribution < 1.29 is 61.9 Å². The molecule has 0 spiro atoms. The number of carbonyl (C=O) groups is 6. The average Bonchev–Trinajstić information content (AvgIpc) is 3.83. The Balaban J connectivity index is 1.14. The van der Waals surface area contributed by atoms with E-state index < -0.39 is 99.0 Å². The van der Waals surface area contributed by atoms with Crippen molar-refractivity contribution in [3.8, 4) is 0 Å². The smallest absolute Gasteiger partial charge is 0.351 e. The molecule has 2 saturated carbocycles. The van der Waals surface area contributed by atoms with Crippen molar-refractivity contribution in [1.29, 1.82) is 0 Å². The van der Waals surface area contributed by atoms with Crippen LogP contribution in [0.5, 0.6) is 0 Å². The lowest BCUT2D eigenvalue weighted by molar-refractivity contribution is -0.190. The summed E-state index contributed by atoms with van der Waals surface area (Å²) in [4.78, 5) is 80.4. The molecule has 13 nitrogen and oxygen atoms in total. The molecule has 2 aromatic rings. The maximum atomic E-state index is 14.3. The standard InChI is InChI=1S/C43H50O13/c1-25(24-51-33(45)27-16-12-9-13-17-27)29(54-37(49)43-22-20-41(7,35(47)56-43)39(43,4)5)31-30(53-31)28(18-23-50-32(44)26-14-10-8-11-15-26)52-36(48)42-21-19-40(6,34(46)55-42)38(42,2)3/h8-17,25,28-31H,18-24H2,1-7H3/t25-,28-,29+,30+,31+,40+,41+,42-,43-/m1/s1. The SMILES string of the molecule is C[C@H](COC(=O)c1ccccc1)[C@H](OC(=O)[C@@]12CC[C@@](C)(C(=O)O1)C2(C)C)[C@@H]1O[C@H]1[C@@H](CCOC(=O)c1ccccc1)OC(=O)[C@@]12CC[C@@](C)(C(=O)O1)C2(C)C. The topological polar surface area (TPSA) is 170 Å². The molecule has 0 amide bonds. The first-order valence-electron chi connectivity index (χ1n) is 19.3. The van der Waals surface area contributed by atoms with Crippen molar-refractivity contribution in [3.63, 3.8) is 0 Å². The molecule has 3 heterocycles. The maximum Gasteiger partial charge on any atom is 0.351 e. The molecule has 3 saturated heterocycles. The number of epoxide rings is 1. The second kappa shape index (κ2) is 13.7. The fraction of sp³-hybridized carbons (Fsp3) is 0.581. The molecule has 2 aliphatic carbocycles. The van der Waals surface area contributed by atoms with Gasteiger partial charge in [-0.25, -0.2) is 19.2 Å². The highest BCUT2D eigenvalue weighted by atomic mass is 16.7. The summed E-state index contributed by atoms with van der Waals surface area (Å²) >= 11 is 0. The minimum absolute atomic E-state index is 0.00181. The Morgan fingerprint density at radius 3 is 1.57 bits per heavy atom. The van der Waals surface area contributed by atoms with Gasteiger partial charge in [0.1, 0.15) is 24.4 Å². The minimum atomic E-state index is -1.55. The fourth-order valence-electron chi connectivity index (χ4n) is 9.24. The minimum Gasteiger partial charge on any atom is -0.462 e. The highest BCUT2D eigenvalue weighted by Crippen LogP contribution is 2.67. The molecule has 2 aromatic carbocycles. The highest BCUT2D eigenvalue weighted by Gasteiger charge is 2.78. The molecule has 0 unspecified atom stereocenters. The molecule has 300 valence electrons. The van der Waals surface area contributed by atoms with Gasteiger partial charge in [0.25, 0.3) is 0 Å². The first-order chi connectivity index (χ1) is 26.3. The quantitative estimate of drug-likeness (QED) is 0.133. The lowest BCUT2D eigenvalue weighted by Gasteiger charge is -2.36. The van der Waals surface area contributed by atoms with Crippen LogP contribution < -0.4 is 0 Å². The second-order valence-electron chi connectivity index (χ2n) is 17.5. The summed E-state index contributed by atoms with van der Waals surface area (Å²) in [6, 6.07) is 16.9. The van der Waals surface area contributed by atoms with Gasteiger partial charge in [0, 0.05) is 23.2 Å². The van der Waals surface area contributed by atoms with Crippen molar-refractivity contribution in [2.45, 2.75) is 116 Å². The van der Waals surface area contributed by atoms with Gasteiger partial charge in [-0.3, -0.25) is 9.59 Å². The van der Waals surface area contributed by atoms with Crippen LogP contribution >= 0.6 is 0 Å². The highest BCUT2D eigenvalue weighted by molar-refractivity contribution is 5.95. The molecule has 5 fully saturated rings. The summed E-state index contributed by atoms with van der Waals surface area (Å²) in [5.74, 6) is -4.22. The largest absolute Gasteiger partial charge is 0.462 e. The van der Waals surface area contributed by atoms with Crippen LogP contribution in [0.4, 0.5) is 0 Å². The molecule has 7 rings (SSSR count). The molecule has 0 radical (unpaired) electrons. The second-order valence-corrected chi connectivity index (χ2v) is 17.5. The van der Waals surface area contributed by atoms with Gasteiger partial charge in [0.05, 0.1) is 35.2 Å². The summed E-state index contributed by atoms with van der Waals surface area (Å²) in [6.45, 7) is 12.3. The number of rotatable bonds is 14. The van der Waals surface area contributed by atoms with Gasteiger partial charge in [0.2, 0.25) is 11.2 Å². The predicted molar refractivity (Wildman–Crippen MR) is 196 cm³/mol. The Bertz CT molecular complexity index is 1930. The zero-order valence-corrected chi connectivity index (χ0v) is 32.9. The first kappa shape index (κ1) is 39.5. The van der Waals surface area contributed by atoms with Crippen LogP contribution in [0.1, 0.15) is 101 Å². The van der Waals surface area contributed by atoms with E-state index in [1.165, 1.54) is 0 Å². The average molecular weight is 775 g/mol. The van der Waals surface area contributed by atoms with Crippen molar-refractivity contribution in [2.75, 3.05) is 13.2 Å². The van der Waals surface area contributed by atoms with E-state index in [0.29, 0.717) is 24.0 Å². The van der Waals surface area contributed by atoms with Gasteiger partial charge in [-0.05, 0) is 63.8 Å². The Hall–Kier alpha value is -4.78. The molecular formula is C43H50O13. The van der Waals surface area contributed by atoms with E-state index in [9.17, 15) is 28.8 Å². The van der Waals surface area contributed by atoms with Gasteiger partial charge in [0.15, 0.2) is 0 Å². The van der Waals surface area contributed by atoms with Gasteiger partial charge < -0.3 is 33.2 Å². The third-order valence-corrected chi connectivity index (χ3v) is 14.3. The monoisotopic (exact) mass is 774 g/mol. The molecule has 4 bridgehead atoms. The summed E-state index contributed by atoms with van der Waals surface area (Å²) in [6.07, 6.45) is -2.43. The summed E-state index contributed by atoms with van der Waals surface area (Å²) in [5, 5.41) is 0. The van der Waals surface area contributed by atoms with Crippen LogP contribution in [0.3, 0.4) is 0 Å². The summed E-state index contributed by atoms with van der Waals surface area (Å²) in [7, 11) is 0. The van der Waals surface area contributed by atoms with Gasteiger partial charge in [-0.2, -0.15) is 0 Å². The van der Waals surface area contributed by atoms with Crippen LogP contribution in [0.2, 0.25) is 0 Å². The van der Waals surface area contributed by atoms with Crippen molar-refractivity contribution >= 4 is 35.8 Å². The zero-order valence-electron chi connectivity index (χ0n) is 32.9. The zero-order chi connectivity index (χ0) is 40.5. The lowest BCUT2D eigenvalue weighted by atomic mass is 9.66. The number of fused-ring (bicyclic) bond motifs is 4. The molecule has 56 heavy (non-hydrogen) atoms. The number of benzene rings is 2. The predicted octanol–water partition coefficient (Wildman–Crippen LogP) is 5.56. The Kier molecular flexibility index (Phi) is 9.66. The third kappa shape index (κ3) is 5.82. The summed E-state index contributed by atoms with van der Waals surface area (Å²) in [5.41, 5.74) is -5.97. The lowest BCUT2D eigenvalue weighted by Crippen LogP contribution is -2.52. The normalized spacial score (nSPS) is 33.1. The molecule has 0 aromatic heterocycles. The van der Waals surface area contributed by atoms with Crippen LogP contribution in [0.25, 0.3) is 0 Å². The summed E-state index contributed by atoms with van der Waals surface area (Å²) < 4.78 is 41.6. The maximum absolute atomic E-state index is 14.3. The van der Waals surface area contributed by atoms with Crippen molar-refractivity contribution in [2.24, 2.45) is 27.6 Å². The van der Waals surface area contributed by atoms with E-state index in [4.69, 9.17) is 33.2 Å². The van der Waals surface area contributed by atoms with E-state index in [-0.39, 0.29) is 32.5 Å². The number of hydrogen-bond donors (Lipinski definition) is 0. The fourth-order valence-corrected chi connectivity index (χ4v) is 9.24. The Labute approximate surface area is 326 Å². The van der Waals surface area contributed by atoms with Gasteiger partial charge in [-0.1, -0.05) is 71.0 Å². The molecule has 9 atom stereocenters. The number of esters is 6. The Morgan fingerprint density at radius 1 is 0.661 bits per heavy atom. The molecule has 3 aliphatic heterocycles. The van der Waals surface area contributed by atoms with Crippen molar-refractivity contribution in [3.05, 3.63) is 71.8 Å². The molecule has 13 heteroatoms. The van der Waals surface area contributed by atoms with E-state index in [1.54, 1.807) is 81.4 Å². The molecule has 0 N–H and O–H groups in total. The van der Waals surface area contributed by atoms with E-state index in [0.717, 1.165) is 0 Å². The van der Waals surface area contributed by atoms with E-state index in [1.807, 2.05) is 27.7 Å². The van der Waals surface area contributed by atoms with E-state index >= 15 is 0 Å². The van der Waals surface area contributed by atoms with Crippen molar-refractivity contribution in [1.82, 2.24) is 0 Å². The first-order valence-corrected chi connectivity index (χ1v) is 19.3. The number of ether oxygens (including phenoxy) is 7. The van der Waals surface area contributed by atoms with Gasteiger partial charge >= 0.3 is 35.8 Å². The third-order valence-electron chi connectivity index (χ3n) is 14.3. The molecule has 5 aliphatic rings. The number of hydrogen-bond acceptors (Lipinski definition) is 13. The van der Waals surface area contributed by atoms with Crippen LogP contribution in [-0.4, -0.2) is 84.6 Å². The number of carbonyl (C=O) groups excluding carboxylic acids is 6. The van der Waals surface area contributed by atoms with E-state index in [2.05, 4.69) is 0 Å².